The molecule has 0 radical (unpaired) electrons. The molecule has 122 valence electrons. The average Bonchev–Trinajstić information content (AvgIpc) is 2.61. The van der Waals surface area contributed by atoms with E-state index in [9.17, 15) is 9.90 Å². The average molecular weight is 297 g/mol. The number of hydrogen-bond donors (Lipinski definition) is 3. The summed E-state index contributed by atoms with van der Waals surface area (Å²) in [5.41, 5.74) is 6.07. The molecular formula is C16H31N3O2. The summed E-state index contributed by atoms with van der Waals surface area (Å²) in [7, 11) is 2.00. The zero-order valence-corrected chi connectivity index (χ0v) is 13.3. The number of rotatable bonds is 4. The number of nitrogens with two attached hydrogens (primary N) is 1. The van der Waals surface area contributed by atoms with E-state index < -0.39 is 12.1 Å². The Morgan fingerprint density at radius 2 is 2.00 bits per heavy atom. The van der Waals surface area contributed by atoms with E-state index in [0.29, 0.717) is 12.5 Å². The maximum absolute atomic E-state index is 12.3. The molecule has 5 nitrogen and oxygen atoms in total. The Morgan fingerprint density at radius 3 is 2.71 bits per heavy atom. The molecule has 1 aliphatic heterocycles. The molecule has 5 heteroatoms. The van der Waals surface area contributed by atoms with Crippen molar-refractivity contribution in [2.75, 3.05) is 20.1 Å². The lowest BCUT2D eigenvalue weighted by Crippen LogP contribution is -2.51. The first-order valence-corrected chi connectivity index (χ1v) is 8.49. The Kier molecular flexibility index (Phi) is 6.45. The van der Waals surface area contributed by atoms with Crippen LogP contribution in [0.5, 0.6) is 0 Å². The minimum atomic E-state index is -0.497. The fourth-order valence-electron chi connectivity index (χ4n) is 3.66. The summed E-state index contributed by atoms with van der Waals surface area (Å²) in [6.07, 6.45) is 8.39. The Bertz CT molecular complexity index is 331. The van der Waals surface area contributed by atoms with Gasteiger partial charge in [-0.2, -0.15) is 0 Å². The SMILES string of the molecule is CN1CCC[C@H](NC(=O)[C@@H](N)CC2CCCCC2)[C@@H](O)C1. The van der Waals surface area contributed by atoms with Crippen molar-refractivity contribution in [3.63, 3.8) is 0 Å². The number of likely N-dealkylation sites (N-methyl/N-ethyl adjacent to an activating group) is 1. The van der Waals surface area contributed by atoms with Gasteiger partial charge in [-0.15, -0.1) is 0 Å². The number of aliphatic hydroxyl groups excluding tert-OH is 1. The van der Waals surface area contributed by atoms with Crippen molar-refractivity contribution >= 4 is 5.91 Å². The summed E-state index contributed by atoms with van der Waals surface area (Å²) in [5.74, 6) is 0.513. The van der Waals surface area contributed by atoms with Gasteiger partial charge < -0.3 is 21.1 Å². The summed E-state index contributed by atoms with van der Waals surface area (Å²) >= 11 is 0. The molecule has 0 aromatic heterocycles. The van der Waals surface area contributed by atoms with E-state index in [1.165, 1.54) is 32.1 Å². The third kappa shape index (κ3) is 5.24. The lowest BCUT2D eigenvalue weighted by molar-refractivity contribution is -0.124. The summed E-state index contributed by atoms with van der Waals surface area (Å²) < 4.78 is 0. The molecule has 4 N–H and O–H groups in total. The summed E-state index contributed by atoms with van der Waals surface area (Å²) in [6, 6.07) is -0.582. The highest BCUT2D eigenvalue weighted by Gasteiger charge is 2.28. The van der Waals surface area contributed by atoms with Gasteiger partial charge in [-0.05, 0) is 38.8 Å². The van der Waals surface area contributed by atoms with Gasteiger partial charge in [-0.1, -0.05) is 32.1 Å². The van der Waals surface area contributed by atoms with Crippen molar-refractivity contribution in [3.8, 4) is 0 Å². The largest absolute Gasteiger partial charge is 0.390 e. The molecule has 0 bridgehead atoms. The molecule has 0 spiro atoms. The second-order valence-corrected chi connectivity index (χ2v) is 6.93. The second kappa shape index (κ2) is 8.11. The number of likely N-dealkylation sites (tertiary alicyclic amines) is 1. The monoisotopic (exact) mass is 297 g/mol. The fraction of sp³-hybridized carbons (Fsp3) is 0.938. The summed E-state index contributed by atoms with van der Waals surface area (Å²) in [5, 5.41) is 13.2. The molecule has 1 saturated carbocycles. The van der Waals surface area contributed by atoms with Crippen LogP contribution in [0.4, 0.5) is 0 Å². The normalized spacial score (nSPS) is 30.6. The van der Waals surface area contributed by atoms with Crippen molar-refractivity contribution in [2.45, 2.75) is 69.6 Å². The molecular weight excluding hydrogens is 266 g/mol. The summed E-state index contributed by atoms with van der Waals surface area (Å²) in [4.78, 5) is 14.4. The van der Waals surface area contributed by atoms with Crippen LogP contribution in [0.15, 0.2) is 0 Å². The first-order valence-electron chi connectivity index (χ1n) is 8.49. The number of carbonyl (C=O) groups is 1. The number of nitrogens with zero attached hydrogens (tertiary/aromatic N) is 1. The predicted molar refractivity (Wildman–Crippen MR) is 83.8 cm³/mol. The minimum Gasteiger partial charge on any atom is -0.390 e. The molecule has 0 aromatic carbocycles. The van der Waals surface area contributed by atoms with Gasteiger partial charge in [-0.3, -0.25) is 4.79 Å². The van der Waals surface area contributed by atoms with E-state index in [-0.39, 0.29) is 11.9 Å². The highest BCUT2D eigenvalue weighted by molar-refractivity contribution is 5.81. The van der Waals surface area contributed by atoms with Crippen molar-refractivity contribution in [3.05, 3.63) is 0 Å². The maximum Gasteiger partial charge on any atom is 0.237 e. The fourth-order valence-corrected chi connectivity index (χ4v) is 3.66. The van der Waals surface area contributed by atoms with Crippen LogP contribution in [0, 0.1) is 5.92 Å². The summed E-state index contributed by atoms with van der Waals surface area (Å²) in [6.45, 7) is 1.58. The quantitative estimate of drug-likeness (QED) is 0.719. The zero-order valence-electron chi connectivity index (χ0n) is 13.3. The Hall–Kier alpha value is -0.650. The smallest absolute Gasteiger partial charge is 0.237 e. The number of aliphatic hydroxyl groups is 1. The van der Waals surface area contributed by atoms with Crippen molar-refractivity contribution in [1.29, 1.82) is 0 Å². The lowest BCUT2D eigenvalue weighted by atomic mass is 9.85. The van der Waals surface area contributed by atoms with E-state index in [0.717, 1.165) is 25.8 Å². The van der Waals surface area contributed by atoms with E-state index >= 15 is 0 Å². The molecule has 2 fully saturated rings. The highest BCUT2D eigenvalue weighted by Crippen LogP contribution is 2.27. The molecule has 0 aromatic rings. The molecule has 3 atom stereocenters. The van der Waals surface area contributed by atoms with E-state index in [2.05, 4.69) is 10.2 Å². The maximum atomic E-state index is 12.3. The van der Waals surface area contributed by atoms with Gasteiger partial charge in [0, 0.05) is 6.54 Å². The van der Waals surface area contributed by atoms with Gasteiger partial charge >= 0.3 is 0 Å². The van der Waals surface area contributed by atoms with Gasteiger partial charge in [0.1, 0.15) is 0 Å². The predicted octanol–water partition coefficient (Wildman–Crippen LogP) is 0.855. The van der Waals surface area contributed by atoms with E-state index in [4.69, 9.17) is 5.73 Å². The first kappa shape index (κ1) is 16.7. The Labute approximate surface area is 128 Å². The molecule has 21 heavy (non-hydrogen) atoms. The minimum absolute atomic E-state index is 0.0887. The number of β-amino-alcohol motifs (C(OH)–C–C–N with tert-alkyl or cyclic N) is 1. The van der Waals surface area contributed by atoms with Gasteiger partial charge in [0.05, 0.1) is 18.2 Å². The van der Waals surface area contributed by atoms with E-state index in [1.807, 2.05) is 7.05 Å². The van der Waals surface area contributed by atoms with Crippen molar-refractivity contribution < 1.29 is 9.90 Å². The van der Waals surface area contributed by atoms with Crippen molar-refractivity contribution in [1.82, 2.24) is 10.2 Å². The van der Waals surface area contributed by atoms with E-state index in [1.54, 1.807) is 0 Å². The number of hydrogen-bond acceptors (Lipinski definition) is 4. The van der Waals surface area contributed by atoms with Gasteiger partial charge in [-0.25, -0.2) is 0 Å². The third-order valence-electron chi connectivity index (χ3n) is 4.99. The topological polar surface area (TPSA) is 78.6 Å². The molecule has 1 saturated heterocycles. The van der Waals surface area contributed by atoms with Crippen molar-refractivity contribution in [2.24, 2.45) is 11.7 Å². The number of amides is 1. The molecule has 1 amide bonds. The van der Waals surface area contributed by atoms with Gasteiger partial charge in [0.15, 0.2) is 0 Å². The third-order valence-corrected chi connectivity index (χ3v) is 4.99. The first-order chi connectivity index (χ1) is 10.1. The Balaban J connectivity index is 1.79. The van der Waals surface area contributed by atoms with Crippen LogP contribution in [0.25, 0.3) is 0 Å². The van der Waals surface area contributed by atoms with Crippen LogP contribution in [-0.4, -0.2) is 54.2 Å². The van der Waals surface area contributed by atoms with Crippen LogP contribution in [0.2, 0.25) is 0 Å². The standard InChI is InChI=1S/C16H31N3O2/c1-19-9-5-8-14(15(20)11-19)18-16(21)13(17)10-12-6-3-2-4-7-12/h12-15,20H,2-11,17H2,1H3,(H,18,21)/t13-,14-,15-/m0/s1. The van der Waals surface area contributed by atoms with Crippen LogP contribution in [0.1, 0.15) is 51.4 Å². The second-order valence-electron chi connectivity index (χ2n) is 6.93. The van der Waals surface area contributed by atoms with Gasteiger partial charge in [0.2, 0.25) is 5.91 Å². The van der Waals surface area contributed by atoms with Crippen LogP contribution in [-0.2, 0) is 4.79 Å². The molecule has 0 unspecified atom stereocenters. The zero-order chi connectivity index (χ0) is 15.2. The van der Waals surface area contributed by atoms with Crippen LogP contribution < -0.4 is 11.1 Å². The Morgan fingerprint density at radius 1 is 1.29 bits per heavy atom. The number of carbonyl (C=O) groups excluding carboxylic acids is 1. The molecule has 1 aliphatic carbocycles. The van der Waals surface area contributed by atoms with Gasteiger partial charge in [0.25, 0.3) is 0 Å². The lowest BCUT2D eigenvalue weighted by Gasteiger charge is -2.27. The highest BCUT2D eigenvalue weighted by atomic mass is 16.3. The molecule has 2 rings (SSSR count). The number of nitrogens with one attached hydrogen (secondary N) is 1. The van der Waals surface area contributed by atoms with Crippen LogP contribution in [0.3, 0.4) is 0 Å². The molecule has 2 aliphatic rings. The van der Waals surface area contributed by atoms with Crippen LogP contribution >= 0.6 is 0 Å². The molecule has 1 heterocycles.